The molecule has 29 heavy (non-hydrogen) atoms. The van der Waals surface area contributed by atoms with Gasteiger partial charge >= 0.3 is 0 Å². The maximum Gasteiger partial charge on any atom is 0.258 e. The molecule has 2 aromatic carbocycles. The van der Waals surface area contributed by atoms with Crippen LogP contribution < -0.4 is 15.4 Å². The predicted octanol–water partition coefficient (Wildman–Crippen LogP) is 4.15. The number of anilines is 2. The highest BCUT2D eigenvalue weighted by atomic mass is 16.5. The van der Waals surface area contributed by atoms with Crippen LogP contribution in [0.15, 0.2) is 48.5 Å². The van der Waals surface area contributed by atoms with Crippen LogP contribution in [0.5, 0.6) is 5.88 Å². The van der Waals surface area contributed by atoms with Crippen molar-refractivity contribution in [3.05, 3.63) is 76.5 Å². The molecule has 3 aromatic rings. The molecule has 0 unspecified atom stereocenters. The SMILES string of the molecule is Cc1ccc(CNC(=O)COc2cc(C)nc(Nc3cc(C)cc(C)c3)n2)cc1. The van der Waals surface area contributed by atoms with E-state index < -0.39 is 0 Å². The number of rotatable bonds is 7. The number of nitrogens with one attached hydrogen (secondary N) is 2. The number of aromatic nitrogens is 2. The molecule has 2 N–H and O–H groups in total. The standard InChI is InChI=1S/C23H26N4O2/c1-15-5-7-19(8-6-15)13-24-21(28)14-29-22-12-18(4)25-23(27-22)26-20-10-16(2)9-17(3)11-20/h5-12H,13-14H2,1-4H3,(H,24,28)(H,25,26,27). The number of hydrogen-bond acceptors (Lipinski definition) is 5. The Kier molecular flexibility index (Phi) is 6.44. The van der Waals surface area contributed by atoms with Gasteiger partial charge in [-0.1, -0.05) is 35.9 Å². The first-order valence-corrected chi connectivity index (χ1v) is 9.53. The number of carbonyl (C=O) groups excluding carboxylic acids is 1. The number of amides is 1. The van der Waals surface area contributed by atoms with Gasteiger partial charge < -0.3 is 15.4 Å². The van der Waals surface area contributed by atoms with Crippen molar-refractivity contribution in [3.63, 3.8) is 0 Å². The van der Waals surface area contributed by atoms with Gasteiger partial charge in [0.2, 0.25) is 11.8 Å². The summed E-state index contributed by atoms with van der Waals surface area (Å²) < 4.78 is 5.58. The molecule has 3 rings (SSSR count). The predicted molar refractivity (Wildman–Crippen MR) is 114 cm³/mol. The van der Waals surface area contributed by atoms with E-state index in [1.54, 1.807) is 6.07 Å². The average molecular weight is 390 g/mol. The molecule has 0 saturated carbocycles. The fraction of sp³-hybridized carbons (Fsp3) is 0.261. The first-order chi connectivity index (χ1) is 13.9. The molecule has 0 saturated heterocycles. The number of hydrogen-bond donors (Lipinski definition) is 2. The summed E-state index contributed by atoms with van der Waals surface area (Å²) in [6.45, 7) is 8.33. The summed E-state index contributed by atoms with van der Waals surface area (Å²) in [7, 11) is 0. The highest BCUT2D eigenvalue weighted by Gasteiger charge is 2.08. The monoisotopic (exact) mass is 390 g/mol. The van der Waals surface area contributed by atoms with Crippen LogP contribution >= 0.6 is 0 Å². The van der Waals surface area contributed by atoms with E-state index in [0.717, 1.165) is 28.1 Å². The highest BCUT2D eigenvalue weighted by molar-refractivity contribution is 5.77. The van der Waals surface area contributed by atoms with Crippen LogP contribution in [0.25, 0.3) is 0 Å². The summed E-state index contributed by atoms with van der Waals surface area (Å²) >= 11 is 0. The molecule has 0 radical (unpaired) electrons. The van der Waals surface area contributed by atoms with E-state index in [2.05, 4.69) is 26.7 Å². The second-order valence-corrected chi connectivity index (χ2v) is 7.22. The topological polar surface area (TPSA) is 76.1 Å². The van der Waals surface area contributed by atoms with Gasteiger partial charge in [-0.25, -0.2) is 4.98 Å². The molecule has 0 aliphatic heterocycles. The first kappa shape index (κ1) is 20.3. The van der Waals surface area contributed by atoms with Gasteiger partial charge in [-0.3, -0.25) is 4.79 Å². The van der Waals surface area contributed by atoms with Gasteiger partial charge in [0.15, 0.2) is 6.61 Å². The van der Waals surface area contributed by atoms with Crippen molar-refractivity contribution < 1.29 is 9.53 Å². The molecule has 0 fully saturated rings. The minimum Gasteiger partial charge on any atom is -0.467 e. The van der Waals surface area contributed by atoms with Gasteiger partial charge in [-0.15, -0.1) is 0 Å². The van der Waals surface area contributed by atoms with E-state index in [-0.39, 0.29) is 12.5 Å². The molecule has 150 valence electrons. The lowest BCUT2D eigenvalue weighted by atomic mass is 10.1. The van der Waals surface area contributed by atoms with Crippen LogP contribution in [0.1, 0.15) is 27.9 Å². The molecular formula is C23H26N4O2. The van der Waals surface area contributed by atoms with Crippen LogP contribution in [0, 0.1) is 27.7 Å². The van der Waals surface area contributed by atoms with Crippen molar-refractivity contribution in [1.82, 2.24) is 15.3 Å². The molecule has 1 amide bonds. The summed E-state index contributed by atoms with van der Waals surface area (Å²) in [4.78, 5) is 20.9. The zero-order valence-corrected chi connectivity index (χ0v) is 17.2. The van der Waals surface area contributed by atoms with Crippen molar-refractivity contribution in [2.24, 2.45) is 0 Å². The molecular weight excluding hydrogens is 364 g/mol. The number of aryl methyl sites for hydroxylation is 4. The Morgan fingerprint density at radius 2 is 1.59 bits per heavy atom. The third-order valence-electron chi connectivity index (χ3n) is 4.27. The van der Waals surface area contributed by atoms with E-state index in [1.165, 1.54) is 5.56 Å². The average Bonchev–Trinajstić information content (AvgIpc) is 2.64. The van der Waals surface area contributed by atoms with Gasteiger partial charge in [0, 0.05) is 24.0 Å². The second-order valence-electron chi connectivity index (χ2n) is 7.22. The summed E-state index contributed by atoms with van der Waals surface area (Å²) in [5.74, 6) is 0.589. The number of benzene rings is 2. The first-order valence-electron chi connectivity index (χ1n) is 9.53. The Bertz CT molecular complexity index is 980. The van der Waals surface area contributed by atoms with Gasteiger partial charge in [0.1, 0.15) is 0 Å². The minimum atomic E-state index is -0.203. The Balaban J connectivity index is 1.57. The number of nitrogens with zero attached hydrogens (tertiary/aromatic N) is 2. The molecule has 0 aliphatic rings. The lowest BCUT2D eigenvalue weighted by Gasteiger charge is -2.11. The normalized spacial score (nSPS) is 10.5. The summed E-state index contributed by atoms with van der Waals surface area (Å²) in [6, 6.07) is 15.9. The Labute approximate surface area is 171 Å². The van der Waals surface area contributed by atoms with E-state index in [1.807, 2.05) is 64.1 Å². The van der Waals surface area contributed by atoms with E-state index in [4.69, 9.17) is 4.74 Å². The third-order valence-corrected chi connectivity index (χ3v) is 4.27. The van der Waals surface area contributed by atoms with E-state index in [9.17, 15) is 4.79 Å². The summed E-state index contributed by atoms with van der Waals surface area (Å²) in [6.07, 6.45) is 0. The maximum atomic E-state index is 12.1. The zero-order chi connectivity index (χ0) is 20.8. The largest absolute Gasteiger partial charge is 0.467 e. The molecule has 1 aromatic heterocycles. The van der Waals surface area contributed by atoms with Crippen molar-refractivity contribution in [1.29, 1.82) is 0 Å². The fourth-order valence-corrected chi connectivity index (χ4v) is 2.94. The van der Waals surface area contributed by atoms with Crippen LogP contribution in [0.3, 0.4) is 0 Å². The van der Waals surface area contributed by atoms with Gasteiger partial charge in [-0.2, -0.15) is 4.98 Å². The van der Waals surface area contributed by atoms with Crippen LogP contribution in [-0.4, -0.2) is 22.5 Å². The Hall–Kier alpha value is -3.41. The van der Waals surface area contributed by atoms with Crippen LogP contribution in [0.4, 0.5) is 11.6 Å². The molecule has 6 nitrogen and oxygen atoms in total. The molecule has 0 bridgehead atoms. The third kappa shape index (κ3) is 6.31. The molecule has 0 spiro atoms. The van der Waals surface area contributed by atoms with Gasteiger partial charge in [0.05, 0.1) is 0 Å². The molecule has 0 atom stereocenters. The number of ether oxygens (including phenoxy) is 1. The highest BCUT2D eigenvalue weighted by Crippen LogP contribution is 2.19. The fourth-order valence-electron chi connectivity index (χ4n) is 2.94. The minimum absolute atomic E-state index is 0.106. The second kappa shape index (κ2) is 9.19. The van der Waals surface area contributed by atoms with Gasteiger partial charge in [-0.05, 0) is 56.5 Å². The smallest absolute Gasteiger partial charge is 0.258 e. The van der Waals surface area contributed by atoms with E-state index in [0.29, 0.717) is 18.4 Å². The van der Waals surface area contributed by atoms with Crippen LogP contribution in [0.2, 0.25) is 0 Å². The quantitative estimate of drug-likeness (QED) is 0.634. The van der Waals surface area contributed by atoms with Crippen molar-refractivity contribution in [3.8, 4) is 5.88 Å². The maximum absolute atomic E-state index is 12.1. The van der Waals surface area contributed by atoms with Crippen LogP contribution in [-0.2, 0) is 11.3 Å². The zero-order valence-electron chi connectivity index (χ0n) is 17.2. The molecule has 6 heteroatoms. The van der Waals surface area contributed by atoms with Crippen molar-refractivity contribution in [2.45, 2.75) is 34.2 Å². The molecule has 1 heterocycles. The number of carbonyl (C=O) groups is 1. The molecule has 0 aliphatic carbocycles. The Morgan fingerprint density at radius 1 is 0.897 bits per heavy atom. The van der Waals surface area contributed by atoms with Gasteiger partial charge in [0.25, 0.3) is 5.91 Å². The summed E-state index contributed by atoms with van der Waals surface area (Å²) in [5, 5.41) is 6.05. The van der Waals surface area contributed by atoms with E-state index >= 15 is 0 Å². The summed E-state index contributed by atoms with van der Waals surface area (Å²) in [5.41, 5.74) is 6.20. The lowest BCUT2D eigenvalue weighted by molar-refractivity contribution is -0.123. The van der Waals surface area contributed by atoms with Crippen molar-refractivity contribution in [2.75, 3.05) is 11.9 Å². The Morgan fingerprint density at radius 3 is 2.28 bits per heavy atom. The lowest BCUT2D eigenvalue weighted by Crippen LogP contribution is -2.28. The van der Waals surface area contributed by atoms with Crippen molar-refractivity contribution >= 4 is 17.5 Å².